The molecule has 3 aromatic carbocycles. The Labute approximate surface area is 173 Å². The summed E-state index contributed by atoms with van der Waals surface area (Å²) in [5.74, 6) is -1.32. The molecule has 0 atom stereocenters. The molecule has 0 aliphatic rings. The fourth-order valence-corrected chi connectivity index (χ4v) is 3.81. The molecule has 0 unspecified atom stereocenters. The third-order valence-corrected chi connectivity index (χ3v) is 5.82. The van der Waals surface area contributed by atoms with Gasteiger partial charge >= 0.3 is 0 Å². The number of hydrogen-bond acceptors (Lipinski definition) is 3. The predicted molar refractivity (Wildman–Crippen MR) is 111 cm³/mol. The number of nitrogens with one attached hydrogen (secondary N) is 2. The second-order valence-electron chi connectivity index (χ2n) is 6.73. The zero-order chi connectivity index (χ0) is 21.7. The van der Waals surface area contributed by atoms with E-state index in [0.717, 1.165) is 11.6 Å². The van der Waals surface area contributed by atoms with Crippen LogP contribution < -0.4 is 10.0 Å². The van der Waals surface area contributed by atoms with E-state index in [9.17, 15) is 22.0 Å². The number of halogens is 2. The molecular weight excluding hydrogens is 410 g/mol. The van der Waals surface area contributed by atoms with Crippen LogP contribution in [0, 0.1) is 18.6 Å². The van der Waals surface area contributed by atoms with E-state index in [4.69, 9.17) is 0 Å². The first-order chi connectivity index (χ1) is 14.2. The van der Waals surface area contributed by atoms with E-state index in [-0.39, 0.29) is 27.9 Å². The van der Waals surface area contributed by atoms with Crippen molar-refractivity contribution >= 4 is 21.6 Å². The van der Waals surface area contributed by atoms with Crippen molar-refractivity contribution in [3.63, 3.8) is 0 Å². The maximum Gasteiger partial charge on any atom is 0.261 e. The molecule has 156 valence electrons. The van der Waals surface area contributed by atoms with Crippen molar-refractivity contribution < 1.29 is 22.0 Å². The summed E-state index contributed by atoms with van der Waals surface area (Å²) in [5.41, 5.74) is 1.67. The van der Waals surface area contributed by atoms with Crippen LogP contribution in [0.1, 0.15) is 21.5 Å². The normalized spacial score (nSPS) is 11.2. The summed E-state index contributed by atoms with van der Waals surface area (Å²) < 4.78 is 54.0. The second kappa shape index (κ2) is 9.04. The lowest BCUT2D eigenvalue weighted by atomic mass is 10.1. The molecule has 0 heterocycles. The van der Waals surface area contributed by atoms with Crippen LogP contribution in [0.2, 0.25) is 0 Å². The second-order valence-corrected chi connectivity index (χ2v) is 8.41. The van der Waals surface area contributed by atoms with Gasteiger partial charge in [-0.05, 0) is 66.9 Å². The van der Waals surface area contributed by atoms with Gasteiger partial charge in [0, 0.05) is 17.8 Å². The van der Waals surface area contributed by atoms with Crippen LogP contribution in [0.5, 0.6) is 0 Å². The minimum atomic E-state index is -4.00. The highest BCUT2D eigenvalue weighted by Crippen LogP contribution is 2.19. The van der Waals surface area contributed by atoms with Crippen LogP contribution in [-0.2, 0) is 16.4 Å². The summed E-state index contributed by atoms with van der Waals surface area (Å²) in [5, 5.41) is 2.74. The molecule has 0 spiro atoms. The van der Waals surface area contributed by atoms with E-state index < -0.39 is 15.8 Å². The zero-order valence-electron chi connectivity index (χ0n) is 16.2. The molecule has 0 aliphatic carbocycles. The van der Waals surface area contributed by atoms with E-state index in [1.165, 1.54) is 43.3 Å². The lowest BCUT2D eigenvalue weighted by molar-refractivity contribution is 0.0954. The molecule has 2 N–H and O–H groups in total. The van der Waals surface area contributed by atoms with Crippen LogP contribution in [-0.4, -0.2) is 20.9 Å². The highest BCUT2D eigenvalue weighted by Gasteiger charge is 2.16. The number of carbonyl (C=O) groups excluding carboxylic acids is 1. The van der Waals surface area contributed by atoms with E-state index >= 15 is 0 Å². The molecule has 0 aliphatic heterocycles. The van der Waals surface area contributed by atoms with Gasteiger partial charge in [-0.25, -0.2) is 17.2 Å². The van der Waals surface area contributed by atoms with Crippen molar-refractivity contribution in [3.8, 4) is 0 Å². The average molecular weight is 430 g/mol. The zero-order valence-corrected chi connectivity index (χ0v) is 17.0. The molecule has 3 rings (SSSR count). The molecule has 0 radical (unpaired) electrons. The van der Waals surface area contributed by atoms with Crippen LogP contribution in [0.4, 0.5) is 14.5 Å². The molecule has 5 nitrogen and oxygen atoms in total. The van der Waals surface area contributed by atoms with Crippen molar-refractivity contribution in [1.29, 1.82) is 0 Å². The Morgan fingerprint density at radius 2 is 1.70 bits per heavy atom. The summed E-state index contributed by atoms with van der Waals surface area (Å²) in [6.45, 7) is 1.88. The SMILES string of the molecule is Cc1ccc(S(=O)(=O)Nc2cccc(C(=O)NCCc3ccc(F)cc3)c2)cc1F. The Hall–Kier alpha value is -3.26. The van der Waals surface area contributed by atoms with Crippen molar-refractivity contribution in [2.45, 2.75) is 18.2 Å². The molecule has 0 aromatic heterocycles. The van der Waals surface area contributed by atoms with Gasteiger partial charge in [-0.1, -0.05) is 24.3 Å². The van der Waals surface area contributed by atoms with Gasteiger partial charge in [-0.15, -0.1) is 0 Å². The van der Waals surface area contributed by atoms with Crippen LogP contribution in [0.3, 0.4) is 0 Å². The van der Waals surface area contributed by atoms with E-state index in [2.05, 4.69) is 10.0 Å². The lowest BCUT2D eigenvalue weighted by Crippen LogP contribution is -2.25. The number of hydrogen-bond donors (Lipinski definition) is 2. The van der Waals surface area contributed by atoms with Gasteiger partial charge in [0.05, 0.1) is 4.90 Å². The monoisotopic (exact) mass is 430 g/mol. The van der Waals surface area contributed by atoms with Gasteiger partial charge in [-0.3, -0.25) is 9.52 Å². The van der Waals surface area contributed by atoms with Crippen molar-refractivity contribution in [1.82, 2.24) is 5.32 Å². The van der Waals surface area contributed by atoms with Gasteiger partial charge in [0.2, 0.25) is 0 Å². The number of rotatable bonds is 7. The third kappa shape index (κ3) is 5.42. The highest BCUT2D eigenvalue weighted by atomic mass is 32.2. The molecule has 0 saturated heterocycles. The minimum Gasteiger partial charge on any atom is -0.352 e. The molecule has 0 saturated carbocycles. The largest absolute Gasteiger partial charge is 0.352 e. The van der Waals surface area contributed by atoms with E-state index in [1.54, 1.807) is 24.3 Å². The van der Waals surface area contributed by atoms with Crippen LogP contribution >= 0.6 is 0 Å². The Morgan fingerprint density at radius 3 is 2.40 bits per heavy atom. The summed E-state index contributed by atoms with van der Waals surface area (Å²) in [4.78, 5) is 12.2. The van der Waals surface area contributed by atoms with Crippen LogP contribution in [0.15, 0.2) is 71.6 Å². The average Bonchev–Trinajstić information content (AvgIpc) is 2.71. The van der Waals surface area contributed by atoms with E-state index in [1.807, 2.05) is 0 Å². The minimum absolute atomic E-state index is 0.183. The van der Waals surface area contributed by atoms with Crippen LogP contribution in [0.25, 0.3) is 0 Å². The van der Waals surface area contributed by atoms with Gasteiger partial charge in [0.1, 0.15) is 11.6 Å². The fraction of sp³-hybridized carbons (Fsp3) is 0.136. The molecule has 3 aromatic rings. The Balaban J connectivity index is 1.65. The summed E-state index contributed by atoms with van der Waals surface area (Å²) in [6, 6.07) is 15.6. The van der Waals surface area contributed by atoms with Gasteiger partial charge in [-0.2, -0.15) is 0 Å². The Bertz CT molecular complexity index is 1160. The fourth-order valence-electron chi connectivity index (χ4n) is 2.75. The van der Waals surface area contributed by atoms with E-state index in [0.29, 0.717) is 18.5 Å². The molecule has 8 heteroatoms. The number of amides is 1. The number of sulfonamides is 1. The summed E-state index contributed by atoms with van der Waals surface area (Å²) >= 11 is 0. The van der Waals surface area contributed by atoms with Crippen molar-refractivity contribution in [2.24, 2.45) is 0 Å². The Morgan fingerprint density at radius 1 is 0.967 bits per heavy atom. The topological polar surface area (TPSA) is 75.3 Å². The number of carbonyl (C=O) groups is 1. The summed E-state index contributed by atoms with van der Waals surface area (Å²) in [6.07, 6.45) is 0.525. The first-order valence-corrected chi connectivity index (χ1v) is 10.6. The molecular formula is C22H20F2N2O3S. The van der Waals surface area contributed by atoms with Crippen molar-refractivity contribution in [2.75, 3.05) is 11.3 Å². The van der Waals surface area contributed by atoms with Crippen molar-refractivity contribution in [3.05, 3.63) is 95.1 Å². The first-order valence-electron chi connectivity index (χ1n) is 9.16. The standard InChI is InChI=1S/C22H20F2N2O3S/c1-15-5-10-20(14-21(15)24)30(28,29)26-19-4-2-3-17(13-19)22(27)25-12-11-16-6-8-18(23)9-7-16/h2-10,13-14,26H,11-12H2,1H3,(H,25,27). The molecule has 0 fully saturated rings. The predicted octanol–water partition coefficient (Wildman–Crippen LogP) is 4.05. The number of anilines is 1. The quantitative estimate of drug-likeness (QED) is 0.594. The smallest absolute Gasteiger partial charge is 0.261 e. The third-order valence-electron chi connectivity index (χ3n) is 4.44. The number of benzene rings is 3. The molecule has 0 bridgehead atoms. The highest BCUT2D eigenvalue weighted by molar-refractivity contribution is 7.92. The van der Waals surface area contributed by atoms with Gasteiger partial charge < -0.3 is 5.32 Å². The molecule has 30 heavy (non-hydrogen) atoms. The Kier molecular flexibility index (Phi) is 6.47. The number of aryl methyl sites for hydroxylation is 1. The van der Waals surface area contributed by atoms with Gasteiger partial charge in [0.15, 0.2) is 0 Å². The summed E-state index contributed by atoms with van der Waals surface area (Å²) in [7, 11) is -4.00. The lowest BCUT2D eigenvalue weighted by Gasteiger charge is -2.11. The maximum absolute atomic E-state index is 13.7. The maximum atomic E-state index is 13.7. The molecule has 1 amide bonds. The first kappa shape index (κ1) is 21.4. The van der Waals surface area contributed by atoms with Gasteiger partial charge in [0.25, 0.3) is 15.9 Å².